The molecular weight excluding hydrogens is 403 g/mol. The Bertz CT molecular complexity index is 952. The Labute approximate surface area is 170 Å². The monoisotopic (exact) mass is 426 g/mol. The highest BCUT2D eigenvalue weighted by molar-refractivity contribution is 7.92. The second-order valence-corrected chi connectivity index (χ2v) is 9.37. The second kappa shape index (κ2) is 8.49. The van der Waals surface area contributed by atoms with Crippen molar-refractivity contribution in [3.8, 4) is 0 Å². The van der Waals surface area contributed by atoms with Crippen molar-refractivity contribution in [2.45, 2.75) is 44.7 Å². The first-order valence-electron chi connectivity index (χ1n) is 8.83. The molecule has 2 aromatic rings. The van der Waals surface area contributed by atoms with E-state index < -0.39 is 15.8 Å². The third-order valence-corrected chi connectivity index (χ3v) is 6.48. The summed E-state index contributed by atoms with van der Waals surface area (Å²) in [5, 5.41) is 0.180. The van der Waals surface area contributed by atoms with Gasteiger partial charge in [-0.15, -0.1) is 0 Å². The van der Waals surface area contributed by atoms with Gasteiger partial charge in [-0.3, -0.25) is 9.10 Å². The van der Waals surface area contributed by atoms with Crippen LogP contribution in [0.4, 0.5) is 10.1 Å². The number of hydrogen-bond acceptors (Lipinski definition) is 3. The normalized spacial score (nSPS) is 11.8. The van der Waals surface area contributed by atoms with Crippen LogP contribution >= 0.6 is 11.6 Å². The van der Waals surface area contributed by atoms with E-state index in [9.17, 15) is 17.6 Å². The van der Waals surface area contributed by atoms with E-state index >= 15 is 0 Å². The van der Waals surface area contributed by atoms with Gasteiger partial charge in [-0.25, -0.2) is 12.8 Å². The van der Waals surface area contributed by atoms with E-state index in [1.807, 2.05) is 27.7 Å². The number of benzene rings is 2. The zero-order chi connectivity index (χ0) is 21.2. The van der Waals surface area contributed by atoms with Crippen molar-refractivity contribution in [2.24, 2.45) is 0 Å². The number of halogens is 2. The molecule has 0 saturated heterocycles. The Kier molecular flexibility index (Phi) is 6.72. The van der Waals surface area contributed by atoms with Crippen LogP contribution in [0, 0.1) is 5.82 Å². The van der Waals surface area contributed by atoms with E-state index in [0.717, 1.165) is 4.31 Å². The molecule has 0 fully saturated rings. The van der Waals surface area contributed by atoms with Crippen LogP contribution in [0.25, 0.3) is 0 Å². The van der Waals surface area contributed by atoms with Gasteiger partial charge in [-0.1, -0.05) is 11.6 Å². The molecule has 0 aliphatic rings. The lowest BCUT2D eigenvalue weighted by Gasteiger charge is -2.31. The highest BCUT2D eigenvalue weighted by atomic mass is 35.5. The van der Waals surface area contributed by atoms with Crippen molar-refractivity contribution in [3.63, 3.8) is 0 Å². The van der Waals surface area contributed by atoms with Crippen molar-refractivity contribution in [1.29, 1.82) is 0 Å². The molecule has 0 radical (unpaired) electrons. The molecule has 8 heteroatoms. The molecule has 2 rings (SSSR count). The van der Waals surface area contributed by atoms with E-state index in [-0.39, 0.29) is 33.5 Å². The zero-order valence-corrected chi connectivity index (χ0v) is 18.1. The number of sulfonamides is 1. The summed E-state index contributed by atoms with van der Waals surface area (Å²) < 4.78 is 40.2. The van der Waals surface area contributed by atoms with Crippen LogP contribution in [0.1, 0.15) is 38.1 Å². The molecule has 0 atom stereocenters. The molecule has 0 aliphatic carbocycles. The average molecular weight is 427 g/mol. The molecule has 152 valence electrons. The molecule has 0 aliphatic heterocycles. The second-order valence-electron chi connectivity index (χ2n) is 6.99. The summed E-state index contributed by atoms with van der Waals surface area (Å²) in [5.41, 5.74) is 0.424. The van der Waals surface area contributed by atoms with Gasteiger partial charge in [-0.2, -0.15) is 0 Å². The lowest BCUT2D eigenvalue weighted by Crippen LogP contribution is -2.42. The van der Waals surface area contributed by atoms with Crippen LogP contribution in [-0.4, -0.2) is 38.4 Å². The summed E-state index contributed by atoms with van der Waals surface area (Å²) in [7, 11) is -2.59. The first kappa shape index (κ1) is 22.2. The zero-order valence-electron chi connectivity index (χ0n) is 16.5. The third-order valence-electron chi connectivity index (χ3n) is 4.36. The maximum Gasteiger partial charge on any atom is 0.264 e. The summed E-state index contributed by atoms with van der Waals surface area (Å²) in [5.74, 6) is -0.798. The molecule has 0 heterocycles. The first-order valence-corrected chi connectivity index (χ1v) is 10.6. The third kappa shape index (κ3) is 4.47. The molecule has 0 spiro atoms. The summed E-state index contributed by atoms with van der Waals surface area (Å²) in [6.45, 7) is 7.53. The van der Waals surface area contributed by atoms with E-state index in [4.69, 9.17) is 11.6 Å². The van der Waals surface area contributed by atoms with Gasteiger partial charge in [0.05, 0.1) is 21.2 Å². The van der Waals surface area contributed by atoms with Crippen molar-refractivity contribution >= 4 is 33.2 Å². The van der Waals surface area contributed by atoms with Crippen molar-refractivity contribution in [1.82, 2.24) is 4.90 Å². The molecule has 2 aromatic carbocycles. The average Bonchev–Trinajstić information content (AvgIpc) is 2.61. The van der Waals surface area contributed by atoms with Crippen LogP contribution in [-0.2, 0) is 10.0 Å². The number of carbonyl (C=O) groups excluding carboxylic acids is 1. The minimum atomic E-state index is -3.96. The van der Waals surface area contributed by atoms with Gasteiger partial charge in [0.1, 0.15) is 5.82 Å². The fourth-order valence-corrected chi connectivity index (χ4v) is 4.40. The molecule has 0 bridgehead atoms. The smallest absolute Gasteiger partial charge is 0.264 e. The van der Waals surface area contributed by atoms with Crippen LogP contribution in [0.5, 0.6) is 0 Å². The highest BCUT2D eigenvalue weighted by Crippen LogP contribution is 2.27. The van der Waals surface area contributed by atoms with Gasteiger partial charge < -0.3 is 4.90 Å². The Morgan fingerprint density at radius 3 is 2.04 bits per heavy atom. The summed E-state index contributed by atoms with van der Waals surface area (Å²) in [6, 6.07) is 8.99. The van der Waals surface area contributed by atoms with Crippen molar-refractivity contribution in [2.75, 3.05) is 11.4 Å². The topological polar surface area (TPSA) is 57.7 Å². The molecule has 5 nitrogen and oxygen atoms in total. The number of amides is 1. The number of anilines is 1. The standard InChI is InChI=1S/C20H24ClFN2O3S/c1-13(2)24(14(3)4)20(25)18-12-17(10-11-19(18)21)28(26,27)23(5)16-8-6-15(22)7-9-16/h6-14H,1-5H3. The molecule has 0 N–H and O–H groups in total. The first-order chi connectivity index (χ1) is 13.0. The van der Waals surface area contributed by atoms with Crippen molar-refractivity contribution < 1.29 is 17.6 Å². The van der Waals surface area contributed by atoms with Gasteiger partial charge in [0, 0.05) is 19.1 Å². The van der Waals surface area contributed by atoms with Crippen LogP contribution in [0.3, 0.4) is 0 Å². The maximum atomic E-state index is 13.1. The number of rotatable bonds is 6. The van der Waals surface area contributed by atoms with E-state index in [0.29, 0.717) is 5.69 Å². The summed E-state index contributed by atoms with van der Waals surface area (Å²) in [6.07, 6.45) is 0. The SMILES string of the molecule is CC(C)N(C(=O)c1cc(S(=O)(=O)N(C)c2ccc(F)cc2)ccc1Cl)C(C)C. The predicted octanol–water partition coefficient (Wildman–Crippen LogP) is 4.56. The van der Waals surface area contributed by atoms with Gasteiger partial charge in [0.15, 0.2) is 0 Å². The van der Waals surface area contributed by atoms with E-state index in [2.05, 4.69) is 0 Å². The predicted molar refractivity (Wildman–Crippen MR) is 110 cm³/mol. The Balaban J connectivity index is 2.48. The van der Waals surface area contributed by atoms with Gasteiger partial charge in [0.25, 0.3) is 15.9 Å². The van der Waals surface area contributed by atoms with Crippen LogP contribution < -0.4 is 4.31 Å². The van der Waals surface area contributed by atoms with Gasteiger partial charge in [0.2, 0.25) is 0 Å². The fourth-order valence-electron chi connectivity index (χ4n) is 2.98. The number of hydrogen-bond donors (Lipinski definition) is 0. The summed E-state index contributed by atoms with van der Waals surface area (Å²) >= 11 is 6.21. The Morgan fingerprint density at radius 2 is 1.54 bits per heavy atom. The van der Waals surface area contributed by atoms with Gasteiger partial charge >= 0.3 is 0 Å². The minimum absolute atomic E-state index is 0.0699. The molecule has 0 unspecified atom stereocenters. The summed E-state index contributed by atoms with van der Waals surface area (Å²) in [4.78, 5) is 14.6. The van der Waals surface area contributed by atoms with Crippen LogP contribution in [0.15, 0.2) is 47.4 Å². The molecule has 28 heavy (non-hydrogen) atoms. The van der Waals surface area contributed by atoms with Gasteiger partial charge in [-0.05, 0) is 70.2 Å². The fraction of sp³-hybridized carbons (Fsp3) is 0.350. The molecule has 0 saturated carbocycles. The number of nitrogens with zero attached hydrogens (tertiary/aromatic N) is 2. The van der Waals surface area contributed by atoms with Crippen molar-refractivity contribution in [3.05, 3.63) is 58.9 Å². The van der Waals surface area contributed by atoms with E-state index in [1.54, 1.807) is 4.90 Å². The van der Waals surface area contributed by atoms with Crippen LogP contribution in [0.2, 0.25) is 5.02 Å². The Morgan fingerprint density at radius 1 is 1.00 bits per heavy atom. The Hall–Kier alpha value is -2.12. The highest BCUT2D eigenvalue weighted by Gasteiger charge is 2.27. The lowest BCUT2D eigenvalue weighted by molar-refractivity contribution is 0.0643. The van der Waals surface area contributed by atoms with E-state index in [1.165, 1.54) is 49.5 Å². The molecule has 1 amide bonds. The number of carbonyl (C=O) groups is 1. The minimum Gasteiger partial charge on any atom is -0.334 e. The quantitative estimate of drug-likeness (QED) is 0.680. The molecular formula is C20H24ClFN2O3S. The lowest BCUT2D eigenvalue weighted by atomic mass is 10.1. The maximum absolute atomic E-state index is 13.1. The molecule has 0 aromatic heterocycles. The largest absolute Gasteiger partial charge is 0.334 e.